The van der Waals surface area contributed by atoms with Crippen LogP contribution in [0.2, 0.25) is 0 Å². The Morgan fingerprint density at radius 2 is 1.86 bits per heavy atom. The highest BCUT2D eigenvalue weighted by Crippen LogP contribution is 2.33. The van der Waals surface area contributed by atoms with Crippen LogP contribution in [0.5, 0.6) is 23.0 Å². The van der Waals surface area contributed by atoms with Crippen LogP contribution in [0.1, 0.15) is 15.9 Å². The number of aromatic hydroxyl groups is 2. The Morgan fingerprint density at radius 1 is 1.05 bits per heavy atom. The van der Waals surface area contributed by atoms with Gasteiger partial charge in [0.15, 0.2) is 17.3 Å². The van der Waals surface area contributed by atoms with Crippen molar-refractivity contribution in [3.8, 4) is 23.0 Å². The van der Waals surface area contributed by atoms with Gasteiger partial charge in [-0.15, -0.1) is 0 Å². The Morgan fingerprint density at radius 3 is 2.71 bits per heavy atom. The van der Waals surface area contributed by atoms with E-state index in [1.54, 1.807) is 24.3 Å². The zero-order valence-corrected chi connectivity index (χ0v) is 10.9. The van der Waals surface area contributed by atoms with Crippen LogP contribution < -0.4 is 9.47 Å². The van der Waals surface area contributed by atoms with Gasteiger partial charge in [0.25, 0.3) is 0 Å². The Labute approximate surface area is 120 Å². The molecule has 0 aliphatic carbocycles. The number of ether oxygens (including phenoxy) is 2. The second-order valence-corrected chi connectivity index (χ2v) is 4.51. The Balaban J connectivity index is 1.82. The lowest BCUT2D eigenvalue weighted by Crippen LogP contribution is -1.94. The van der Waals surface area contributed by atoms with Crippen LogP contribution in [0.4, 0.5) is 0 Å². The van der Waals surface area contributed by atoms with Gasteiger partial charge in [-0.1, -0.05) is 12.1 Å². The van der Waals surface area contributed by atoms with Crippen molar-refractivity contribution < 1.29 is 24.5 Å². The van der Waals surface area contributed by atoms with Crippen molar-refractivity contribution in [3.63, 3.8) is 0 Å². The molecule has 5 heteroatoms. The van der Waals surface area contributed by atoms with Crippen molar-refractivity contribution >= 4 is 11.9 Å². The number of benzene rings is 2. The fraction of sp³-hybridized carbons (Fsp3) is 0.0625. The van der Waals surface area contributed by atoms with Crippen molar-refractivity contribution in [2.45, 2.75) is 0 Å². The van der Waals surface area contributed by atoms with Gasteiger partial charge in [0.05, 0.1) is 5.56 Å². The second kappa shape index (κ2) is 5.20. The number of hydrogen-bond donors (Lipinski definition) is 2. The largest absolute Gasteiger partial charge is 0.508 e. The summed E-state index contributed by atoms with van der Waals surface area (Å²) in [5.41, 5.74) is 0.819. The molecule has 5 nitrogen and oxygen atoms in total. The van der Waals surface area contributed by atoms with E-state index in [2.05, 4.69) is 0 Å². The zero-order chi connectivity index (χ0) is 14.8. The van der Waals surface area contributed by atoms with Crippen LogP contribution in [-0.2, 0) is 0 Å². The van der Waals surface area contributed by atoms with E-state index < -0.39 is 5.78 Å². The van der Waals surface area contributed by atoms with Gasteiger partial charge in [-0.3, -0.25) is 4.79 Å². The lowest BCUT2D eigenvalue weighted by molar-refractivity contribution is 0.104. The minimum Gasteiger partial charge on any atom is -0.508 e. The van der Waals surface area contributed by atoms with Crippen molar-refractivity contribution in [2.75, 3.05) is 6.79 Å². The van der Waals surface area contributed by atoms with Gasteiger partial charge in [-0.05, 0) is 42.0 Å². The highest BCUT2D eigenvalue weighted by atomic mass is 16.7. The summed E-state index contributed by atoms with van der Waals surface area (Å²) in [4.78, 5) is 12.0. The third-order valence-electron chi connectivity index (χ3n) is 3.07. The van der Waals surface area contributed by atoms with Gasteiger partial charge >= 0.3 is 0 Å². The molecular weight excluding hydrogens is 272 g/mol. The average molecular weight is 284 g/mol. The molecule has 0 saturated heterocycles. The van der Waals surface area contributed by atoms with Crippen LogP contribution >= 0.6 is 0 Å². The first-order chi connectivity index (χ1) is 10.1. The molecule has 0 amide bonds. The summed E-state index contributed by atoms with van der Waals surface area (Å²) in [5.74, 6) is 0.649. The number of phenolic OH excluding ortho intramolecular Hbond substituents is 2. The van der Waals surface area contributed by atoms with Crippen molar-refractivity contribution in [1.82, 2.24) is 0 Å². The topological polar surface area (TPSA) is 76.0 Å². The van der Waals surface area contributed by atoms with Crippen LogP contribution in [0.25, 0.3) is 6.08 Å². The summed E-state index contributed by atoms with van der Waals surface area (Å²) in [6.07, 6.45) is 2.93. The van der Waals surface area contributed by atoms with E-state index in [9.17, 15) is 15.0 Å². The van der Waals surface area contributed by atoms with Crippen LogP contribution in [0, 0.1) is 0 Å². The van der Waals surface area contributed by atoms with Crippen LogP contribution in [-0.4, -0.2) is 22.8 Å². The summed E-state index contributed by atoms with van der Waals surface area (Å²) < 4.78 is 10.5. The summed E-state index contributed by atoms with van der Waals surface area (Å²) in [6, 6.07) is 9.12. The van der Waals surface area contributed by atoms with Gasteiger partial charge < -0.3 is 19.7 Å². The fourth-order valence-corrected chi connectivity index (χ4v) is 2.00. The highest BCUT2D eigenvalue weighted by molar-refractivity contribution is 6.08. The quantitative estimate of drug-likeness (QED) is 0.515. The molecule has 2 aromatic rings. The van der Waals surface area contributed by atoms with Crippen LogP contribution in [0.15, 0.2) is 42.5 Å². The van der Waals surface area contributed by atoms with Crippen molar-refractivity contribution in [1.29, 1.82) is 0 Å². The monoisotopic (exact) mass is 284 g/mol. The summed E-state index contributed by atoms with van der Waals surface area (Å²) in [6.45, 7) is 0.193. The molecule has 0 unspecified atom stereocenters. The van der Waals surface area contributed by atoms with E-state index in [0.29, 0.717) is 11.5 Å². The standard InChI is InChI=1S/C16H12O5/c17-11-3-5-14(19)12(8-11)13(18)4-1-10-2-6-15-16(7-10)21-9-20-15/h1-8,17,19H,9H2/b4-1+. The highest BCUT2D eigenvalue weighted by Gasteiger charge is 2.13. The average Bonchev–Trinajstić information content (AvgIpc) is 2.94. The lowest BCUT2D eigenvalue weighted by Gasteiger charge is -2.01. The molecular formula is C16H12O5. The minimum atomic E-state index is -0.402. The second-order valence-electron chi connectivity index (χ2n) is 4.51. The molecule has 0 radical (unpaired) electrons. The van der Waals surface area contributed by atoms with Gasteiger partial charge in [-0.25, -0.2) is 0 Å². The van der Waals surface area contributed by atoms with E-state index in [1.165, 1.54) is 24.3 Å². The van der Waals surface area contributed by atoms with E-state index >= 15 is 0 Å². The summed E-state index contributed by atoms with van der Waals surface area (Å²) in [7, 11) is 0. The number of carbonyl (C=O) groups is 1. The molecule has 0 aromatic heterocycles. The SMILES string of the molecule is O=C(/C=C/c1ccc2c(c1)OCO2)c1cc(O)ccc1O. The fourth-order valence-electron chi connectivity index (χ4n) is 2.00. The molecule has 1 heterocycles. The molecule has 0 spiro atoms. The first-order valence-electron chi connectivity index (χ1n) is 6.27. The number of rotatable bonds is 3. The van der Waals surface area contributed by atoms with Gasteiger partial charge in [0.2, 0.25) is 6.79 Å². The van der Waals surface area contributed by atoms with E-state index in [1.807, 2.05) is 0 Å². The first-order valence-corrected chi connectivity index (χ1v) is 6.27. The smallest absolute Gasteiger partial charge is 0.231 e. The van der Waals surface area contributed by atoms with Gasteiger partial charge in [0.1, 0.15) is 11.5 Å². The van der Waals surface area contributed by atoms with Gasteiger partial charge in [0, 0.05) is 0 Å². The number of fused-ring (bicyclic) bond motifs is 1. The molecule has 2 N–H and O–H groups in total. The molecule has 3 rings (SSSR count). The van der Waals surface area contributed by atoms with E-state index in [0.717, 1.165) is 5.56 Å². The number of phenols is 2. The van der Waals surface area contributed by atoms with Crippen molar-refractivity contribution in [3.05, 3.63) is 53.6 Å². The molecule has 106 valence electrons. The normalized spacial score (nSPS) is 12.8. The third-order valence-corrected chi connectivity index (χ3v) is 3.07. The number of allylic oxidation sites excluding steroid dienone is 1. The molecule has 0 saturated carbocycles. The molecule has 21 heavy (non-hydrogen) atoms. The molecule has 1 aliphatic rings. The summed E-state index contributed by atoms with van der Waals surface area (Å²) >= 11 is 0. The number of carbonyl (C=O) groups excluding carboxylic acids is 1. The lowest BCUT2D eigenvalue weighted by atomic mass is 10.1. The zero-order valence-electron chi connectivity index (χ0n) is 10.9. The Kier molecular flexibility index (Phi) is 3.23. The number of hydrogen-bond acceptors (Lipinski definition) is 5. The maximum absolute atomic E-state index is 12.0. The maximum Gasteiger partial charge on any atom is 0.231 e. The first kappa shape index (κ1) is 13.1. The maximum atomic E-state index is 12.0. The molecule has 0 atom stereocenters. The van der Waals surface area contributed by atoms with E-state index in [4.69, 9.17) is 9.47 Å². The molecule has 1 aliphatic heterocycles. The predicted octanol–water partition coefficient (Wildman–Crippen LogP) is 2.72. The van der Waals surface area contributed by atoms with Gasteiger partial charge in [-0.2, -0.15) is 0 Å². The Hall–Kier alpha value is -2.95. The molecule has 2 aromatic carbocycles. The van der Waals surface area contributed by atoms with Crippen LogP contribution in [0.3, 0.4) is 0 Å². The predicted molar refractivity (Wildman–Crippen MR) is 75.7 cm³/mol. The summed E-state index contributed by atoms with van der Waals surface area (Å²) in [5, 5.41) is 19.0. The minimum absolute atomic E-state index is 0.0481. The van der Waals surface area contributed by atoms with E-state index in [-0.39, 0.29) is 23.9 Å². The molecule has 0 bridgehead atoms. The van der Waals surface area contributed by atoms with Crippen molar-refractivity contribution in [2.24, 2.45) is 0 Å². The molecule has 0 fully saturated rings. The third kappa shape index (κ3) is 2.67. The Bertz CT molecular complexity index is 733. The number of ketones is 1.